The molecule has 0 spiro atoms. The van der Waals surface area contributed by atoms with Crippen molar-refractivity contribution >= 4 is 37.4 Å². The van der Waals surface area contributed by atoms with Crippen LogP contribution in [0.4, 0.5) is 0 Å². The number of para-hydroxylation sites is 2. The number of nitrogens with zero attached hydrogens (tertiary/aromatic N) is 2. The van der Waals surface area contributed by atoms with Gasteiger partial charge < -0.3 is 0 Å². The number of hydrogen-bond donors (Lipinski definition) is 0. The molecule has 3 aromatic carbocycles. The third-order valence-electron chi connectivity index (χ3n) is 4.25. The van der Waals surface area contributed by atoms with Crippen LogP contribution in [0.3, 0.4) is 0 Å². The van der Waals surface area contributed by atoms with E-state index in [4.69, 9.17) is 0 Å². The molecule has 0 unspecified atom stereocenters. The van der Waals surface area contributed by atoms with Gasteiger partial charge in [-0.2, -0.15) is 0 Å². The van der Waals surface area contributed by atoms with Crippen molar-refractivity contribution in [1.29, 1.82) is 0 Å². The second kappa shape index (κ2) is 5.01. The van der Waals surface area contributed by atoms with Crippen LogP contribution in [0, 0.1) is 0 Å². The third-order valence-corrected chi connectivity index (χ3v) is 5.27. The van der Waals surface area contributed by atoms with Gasteiger partial charge in [0.15, 0.2) is 4.96 Å². The minimum atomic E-state index is -0.00735. The van der Waals surface area contributed by atoms with Crippen molar-refractivity contribution in [3.8, 4) is 11.1 Å². The Kier molecular flexibility index (Phi) is 2.81. The lowest BCUT2D eigenvalue weighted by Crippen LogP contribution is -2.11. The molecule has 2 heterocycles. The van der Waals surface area contributed by atoms with Crippen LogP contribution in [0.15, 0.2) is 77.6 Å². The summed E-state index contributed by atoms with van der Waals surface area (Å²) in [6, 6.07) is 24.0. The predicted molar refractivity (Wildman–Crippen MR) is 99.8 cm³/mol. The van der Waals surface area contributed by atoms with Gasteiger partial charge >= 0.3 is 0 Å². The summed E-state index contributed by atoms with van der Waals surface area (Å²) >= 11 is 1.55. The van der Waals surface area contributed by atoms with E-state index in [-0.39, 0.29) is 5.56 Å². The molecule has 0 saturated heterocycles. The lowest BCUT2D eigenvalue weighted by molar-refractivity contribution is 1.20. The Morgan fingerprint density at radius 1 is 0.833 bits per heavy atom. The monoisotopic (exact) mass is 328 g/mol. The molecule has 0 radical (unpaired) electrons. The molecule has 2 aromatic heterocycles. The quantitative estimate of drug-likeness (QED) is 0.446. The summed E-state index contributed by atoms with van der Waals surface area (Å²) in [7, 11) is 0. The van der Waals surface area contributed by atoms with E-state index in [1.807, 2.05) is 54.6 Å². The summed E-state index contributed by atoms with van der Waals surface area (Å²) in [5, 5.41) is 0.732. The number of fused-ring (bicyclic) bond motifs is 4. The molecule has 3 nitrogen and oxygen atoms in total. The van der Waals surface area contributed by atoms with Crippen LogP contribution in [0.25, 0.3) is 37.2 Å². The number of benzene rings is 3. The molecule has 0 saturated carbocycles. The largest absolute Gasteiger partial charge is 0.268 e. The smallest absolute Gasteiger partial charge is 0.266 e. The average Bonchev–Trinajstić information content (AvgIpc) is 3.00. The third kappa shape index (κ3) is 1.90. The highest BCUT2D eigenvalue weighted by atomic mass is 32.1. The van der Waals surface area contributed by atoms with Crippen LogP contribution in [-0.4, -0.2) is 9.38 Å². The van der Waals surface area contributed by atoms with E-state index in [9.17, 15) is 4.79 Å². The van der Waals surface area contributed by atoms with Gasteiger partial charge in [-0.05, 0) is 35.4 Å². The Morgan fingerprint density at radius 2 is 1.62 bits per heavy atom. The number of rotatable bonds is 1. The van der Waals surface area contributed by atoms with Gasteiger partial charge in [0.05, 0.1) is 16.4 Å². The van der Waals surface area contributed by atoms with Gasteiger partial charge in [0.2, 0.25) is 0 Å². The van der Waals surface area contributed by atoms with Crippen molar-refractivity contribution in [1.82, 2.24) is 9.38 Å². The van der Waals surface area contributed by atoms with Crippen molar-refractivity contribution in [3.05, 3.63) is 83.2 Å². The normalized spacial score (nSPS) is 11.5. The molecular weight excluding hydrogens is 316 g/mol. The Morgan fingerprint density at radius 3 is 2.50 bits per heavy atom. The molecule has 0 aliphatic rings. The van der Waals surface area contributed by atoms with Crippen LogP contribution in [0.2, 0.25) is 0 Å². The van der Waals surface area contributed by atoms with Crippen molar-refractivity contribution in [3.63, 3.8) is 0 Å². The van der Waals surface area contributed by atoms with Crippen LogP contribution in [0.5, 0.6) is 0 Å². The van der Waals surface area contributed by atoms with Crippen LogP contribution in [0.1, 0.15) is 0 Å². The molecule has 0 amide bonds. The molecule has 0 fully saturated rings. The van der Waals surface area contributed by atoms with Crippen LogP contribution < -0.4 is 5.56 Å². The summed E-state index contributed by atoms with van der Waals surface area (Å²) in [6.45, 7) is 0. The Hall–Kier alpha value is -2.98. The Labute approximate surface area is 141 Å². The van der Waals surface area contributed by atoms with Crippen LogP contribution in [-0.2, 0) is 0 Å². The molecule has 0 bridgehead atoms. The molecule has 5 rings (SSSR count). The number of aromatic nitrogens is 2. The molecule has 0 atom stereocenters. The first-order valence-electron chi connectivity index (χ1n) is 7.71. The fourth-order valence-electron chi connectivity index (χ4n) is 3.08. The summed E-state index contributed by atoms with van der Waals surface area (Å²) in [4.78, 5) is 18.3. The highest BCUT2D eigenvalue weighted by Gasteiger charge is 2.11. The van der Waals surface area contributed by atoms with E-state index in [1.54, 1.807) is 15.7 Å². The van der Waals surface area contributed by atoms with Gasteiger partial charge in [-0.3, -0.25) is 4.79 Å². The first-order chi connectivity index (χ1) is 11.8. The maximum Gasteiger partial charge on any atom is 0.266 e. The maximum absolute atomic E-state index is 12.9. The molecule has 5 aromatic rings. The molecule has 0 aliphatic carbocycles. The number of hydrogen-bond acceptors (Lipinski definition) is 3. The Balaban J connectivity index is 1.87. The van der Waals surface area contributed by atoms with Gasteiger partial charge in [-0.1, -0.05) is 59.9 Å². The maximum atomic E-state index is 12.9. The van der Waals surface area contributed by atoms with Gasteiger partial charge in [-0.25, -0.2) is 9.38 Å². The van der Waals surface area contributed by atoms with E-state index in [1.165, 1.54) is 0 Å². The SMILES string of the molecule is O=c1c2ccc(-c3ccccc3)cc2sc2nc3ccccc3n12. The van der Waals surface area contributed by atoms with Gasteiger partial charge in [-0.15, -0.1) is 0 Å². The standard InChI is InChI=1S/C20H12N2OS/c23-19-15-11-10-14(13-6-2-1-3-7-13)12-18(15)24-20-21-16-8-4-5-9-17(16)22(19)20/h1-12H. The minimum Gasteiger partial charge on any atom is -0.268 e. The Bertz CT molecular complexity index is 1270. The van der Waals surface area contributed by atoms with Crippen molar-refractivity contribution in [2.45, 2.75) is 0 Å². The van der Waals surface area contributed by atoms with Crippen molar-refractivity contribution in [2.24, 2.45) is 0 Å². The summed E-state index contributed by atoms with van der Waals surface area (Å²) < 4.78 is 2.68. The van der Waals surface area contributed by atoms with Gasteiger partial charge in [0.25, 0.3) is 5.56 Å². The summed E-state index contributed by atoms with van der Waals surface area (Å²) in [6.07, 6.45) is 0. The summed E-state index contributed by atoms with van der Waals surface area (Å²) in [5.74, 6) is 0. The highest BCUT2D eigenvalue weighted by Crippen LogP contribution is 2.28. The highest BCUT2D eigenvalue weighted by molar-refractivity contribution is 7.23. The van der Waals surface area contributed by atoms with E-state index in [2.05, 4.69) is 23.2 Å². The predicted octanol–water partition coefficient (Wildman–Crippen LogP) is 4.73. The van der Waals surface area contributed by atoms with E-state index in [0.717, 1.165) is 37.2 Å². The lowest BCUT2D eigenvalue weighted by Gasteiger charge is -2.04. The topological polar surface area (TPSA) is 34.4 Å². The lowest BCUT2D eigenvalue weighted by atomic mass is 10.1. The fourth-order valence-corrected chi connectivity index (χ4v) is 4.15. The average molecular weight is 328 g/mol. The second-order valence-corrected chi connectivity index (χ2v) is 6.71. The molecule has 24 heavy (non-hydrogen) atoms. The zero-order valence-electron chi connectivity index (χ0n) is 12.6. The van der Waals surface area contributed by atoms with E-state index in [0.29, 0.717) is 0 Å². The minimum absolute atomic E-state index is 0.00735. The molecule has 4 heteroatoms. The molecule has 0 aliphatic heterocycles. The van der Waals surface area contributed by atoms with Crippen molar-refractivity contribution < 1.29 is 0 Å². The van der Waals surface area contributed by atoms with Crippen LogP contribution >= 0.6 is 11.3 Å². The fraction of sp³-hybridized carbons (Fsp3) is 0. The van der Waals surface area contributed by atoms with Gasteiger partial charge in [0, 0.05) is 4.70 Å². The zero-order valence-corrected chi connectivity index (χ0v) is 13.5. The first kappa shape index (κ1) is 13.5. The zero-order chi connectivity index (χ0) is 16.1. The number of imidazole rings is 1. The molecule has 0 N–H and O–H groups in total. The van der Waals surface area contributed by atoms with Crippen molar-refractivity contribution in [2.75, 3.05) is 0 Å². The first-order valence-corrected chi connectivity index (χ1v) is 8.52. The molecular formula is C20H12N2OS. The summed E-state index contributed by atoms with van der Waals surface area (Å²) in [5.41, 5.74) is 3.96. The van der Waals surface area contributed by atoms with E-state index >= 15 is 0 Å². The van der Waals surface area contributed by atoms with E-state index < -0.39 is 0 Å². The molecule has 114 valence electrons. The van der Waals surface area contributed by atoms with Gasteiger partial charge in [0.1, 0.15) is 0 Å². The second-order valence-electron chi connectivity index (χ2n) is 5.70.